The Morgan fingerprint density at radius 1 is 1.17 bits per heavy atom. The summed E-state index contributed by atoms with van der Waals surface area (Å²) in [5.74, 6) is -1.56. The maximum atomic E-state index is 12.8. The fourth-order valence-corrected chi connectivity index (χ4v) is 3.45. The normalized spacial score (nSPS) is 18.6. The van der Waals surface area contributed by atoms with Crippen LogP contribution in [-0.4, -0.2) is 45.9 Å². The Bertz CT molecular complexity index is 910. The van der Waals surface area contributed by atoms with Crippen LogP contribution in [-0.2, 0) is 14.3 Å². The van der Waals surface area contributed by atoms with Gasteiger partial charge >= 0.3 is 0 Å². The molecule has 1 amide bonds. The van der Waals surface area contributed by atoms with Crippen molar-refractivity contribution in [2.45, 2.75) is 32.4 Å². The van der Waals surface area contributed by atoms with Crippen molar-refractivity contribution in [2.75, 3.05) is 13.2 Å². The topological polar surface area (TPSA) is 79.7 Å². The van der Waals surface area contributed by atoms with E-state index in [-0.39, 0.29) is 17.4 Å². The van der Waals surface area contributed by atoms with E-state index in [1.54, 1.807) is 48.8 Å². The Balaban J connectivity index is 1.99. The average molecular weight is 415 g/mol. The number of aliphatic hydroxyl groups excluding tert-OH is 1. The molecule has 1 aliphatic heterocycles. The van der Waals surface area contributed by atoms with E-state index in [1.807, 2.05) is 13.8 Å². The second kappa shape index (κ2) is 9.20. The summed E-state index contributed by atoms with van der Waals surface area (Å²) >= 11 is 5.92. The average Bonchev–Trinajstić information content (AvgIpc) is 2.96. The number of hydrogen-bond acceptors (Lipinski definition) is 5. The van der Waals surface area contributed by atoms with Crippen LogP contribution in [0.15, 0.2) is 54.4 Å². The van der Waals surface area contributed by atoms with Crippen molar-refractivity contribution >= 4 is 29.1 Å². The van der Waals surface area contributed by atoms with Gasteiger partial charge in [0.2, 0.25) is 0 Å². The third kappa shape index (κ3) is 4.66. The first-order valence-electron chi connectivity index (χ1n) is 9.46. The standard InChI is InChI=1S/C22H23ClN2O4/c1-14(2)29-13-3-12-25-19(15-8-10-24-11-9-15)18(21(27)22(25)28)20(26)16-4-6-17(23)7-5-16/h4-11,14,19,26H,3,12-13H2,1-2H3/b20-18-. The van der Waals surface area contributed by atoms with Crippen LogP contribution in [0, 0.1) is 0 Å². The number of Topliss-reactive ketones (excluding diaryl/α,β-unsaturated/α-hetero) is 1. The van der Waals surface area contributed by atoms with Gasteiger partial charge in [0.05, 0.1) is 17.7 Å². The number of ether oxygens (including phenoxy) is 1. The van der Waals surface area contributed by atoms with Gasteiger partial charge in [-0.2, -0.15) is 0 Å². The highest BCUT2D eigenvalue weighted by Gasteiger charge is 2.45. The van der Waals surface area contributed by atoms with E-state index in [0.717, 1.165) is 0 Å². The molecule has 1 aliphatic rings. The summed E-state index contributed by atoms with van der Waals surface area (Å²) in [6, 6.07) is 9.27. The highest BCUT2D eigenvalue weighted by atomic mass is 35.5. The van der Waals surface area contributed by atoms with Gasteiger partial charge in [0.25, 0.3) is 11.7 Å². The van der Waals surface area contributed by atoms with Crippen molar-refractivity contribution in [3.8, 4) is 0 Å². The molecule has 2 aromatic rings. The number of pyridine rings is 1. The van der Waals surface area contributed by atoms with Crippen molar-refractivity contribution in [3.05, 3.63) is 70.5 Å². The van der Waals surface area contributed by atoms with Crippen LogP contribution in [0.1, 0.15) is 37.4 Å². The van der Waals surface area contributed by atoms with Crippen LogP contribution in [0.3, 0.4) is 0 Å². The summed E-state index contributed by atoms with van der Waals surface area (Å²) in [4.78, 5) is 31.1. The van der Waals surface area contributed by atoms with E-state index in [4.69, 9.17) is 16.3 Å². The Labute approximate surface area is 174 Å². The number of ketones is 1. The second-order valence-electron chi connectivity index (χ2n) is 7.05. The van der Waals surface area contributed by atoms with Crippen molar-refractivity contribution in [1.29, 1.82) is 0 Å². The number of amides is 1. The molecule has 1 N–H and O–H groups in total. The lowest BCUT2D eigenvalue weighted by Gasteiger charge is -2.25. The number of nitrogens with zero attached hydrogens (tertiary/aromatic N) is 2. The molecular weight excluding hydrogens is 392 g/mol. The first-order chi connectivity index (χ1) is 13.9. The van der Waals surface area contributed by atoms with E-state index in [1.165, 1.54) is 4.90 Å². The van der Waals surface area contributed by atoms with Crippen LogP contribution >= 0.6 is 11.6 Å². The predicted molar refractivity (Wildman–Crippen MR) is 110 cm³/mol. The molecule has 152 valence electrons. The van der Waals surface area contributed by atoms with Gasteiger partial charge in [0.15, 0.2) is 0 Å². The molecule has 0 saturated carbocycles. The van der Waals surface area contributed by atoms with Crippen molar-refractivity contribution in [3.63, 3.8) is 0 Å². The van der Waals surface area contributed by atoms with Crippen LogP contribution in [0.25, 0.3) is 5.76 Å². The van der Waals surface area contributed by atoms with Crippen molar-refractivity contribution in [2.24, 2.45) is 0 Å². The molecule has 1 aromatic heterocycles. The number of aliphatic hydroxyl groups is 1. The maximum Gasteiger partial charge on any atom is 0.295 e. The van der Waals surface area contributed by atoms with Gasteiger partial charge in [0, 0.05) is 36.1 Å². The highest BCUT2D eigenvalue weighted by Crippen LogP contribution is 2.39. The third-order valence-electron chi connectivity index (χ3n) is 4.67. The minimum absolute atomic E-state index is 0.0632. The summed E-state index contributed by atoms with van der Waals surface area (Å²) in [5.41, 5.74) is 1.20. The number of carbonyl (C=O) groups excluding carboxylic acids is 2. The first-order valence-corrected chi connectivity index (χ1v) is 9.84. The van der Waals surface area contributed by atoms with Gasteiger partial charge in [0.1, 0.15) is 5.76 Å². The quantitative estimate of drug-likeness (QED) is 0.321. The minimum Gasteiger partial charge on any atom is -0.507 e. The number of hydrogen-bond donors (Lipinski definition) is 1. The maximum absolute atomic E-state index is 12.8. The number of carbonyl (C=O) groups is 2. The van der Waals surface area contributed by atoms with Gasteiger partial charge in [-0.3, -0.25) is 14.6 Å². The molecule has 1 atom stereocenters. The Kier molecular flexibility index (Phi) is 6.67. The van der Waals surface area contributed by atoms with Crippen LogP contribution in [0.4, 0.5) is 0 Å². The fourth-order valence-electron chi connectivity index (χ4n) is 3.32. The molecule has 7 heteroatoms. The van der Waals surface area contributed by atoms with E-state index in [0.29, 0.717) is 35.7 Å². The number of aromatic nitrogens is 1. The summed E-state index contributed by atoms with van der Waals surface area (Å²) in [5, 5.41) is 11.4. The number of rotatable bonds is 7. The van der Waals surface area contributed by atoms with Gasteiger partial charge in [-0.1, -0.05) is 11.6 Å². The summed E-state index contributed by atoms with van der Waals surface area (Å²) in [6.45, 7) is 4.69. The molecule has 0 aliphatic carbocycles. The molecule has 0 bridgehead atoms. The Hall–Kier alpha value is -2.70. The smallest absolute Gasteiger partial charge is 0.295 e. The zero-order chi connectivity index (χ0) is 21.0. The van der Waals surface area contributed by atoms with Gasteiger partial charge in [-0.25, -0.2) is 0 Å². The van der Waals surface area contributed by atoms with Gasteiger partial charge in [-0.15, -0.1) is 0 Å². The second-order valence-corrected chi connectivity index (χ2v) is 7.49. The van der Waals surface area contributed by atoms with E-state index in [9.17, 15) is 14.7 Å². The molecule has 29 heavy (non-hydrogen) atoms. The molecule has 1 saturated heterocycles. The molecule has 3 rings (SSSR count). The van der Waals surface area contributed by atoms with Gasteiger partial charge < -0.3 is 14.7 Å². The number of benzene rings is 1. The highest BCUT2D eigenvalue weighted by molar-refractivity contribution is 6.46. The summed E-state index contributed by atoms with van der Waals surface area (Å²) in [6.07, 6.45) is 3.86. The zero-order valence-electron chi connectivity index (χ0n) is 16.3. The minimum atomic E-state index is -0.705. The summed E-state index contributed by atoms with van der Waals surface area (Å²) < 4.78 is 5.55. The molecular formula is C22H23ClN2O4. The van der Waals surface area contributed by atoms with Gasteiger partial charge in [-0.05, 0) is 62.2 Å². The molecule has 1 fully saturated rings. The monoisotopic (exact) mass is 414 g/mol. The molecule has 1 unspecified atom stereocenters. The first kappa shape index (κ1) is 21.0. The lowest BCUT2D eigenvalue weighted by atomic mass is 9.96. The molecule has 6 nitrogen and oxygen atoms in total. The molecule has 0 radical (unpaired) electrons. The zero-order valence-corrected chi connectivity index (χ0v) is 17.1. The largest absolute Gasteiger partial charge is 0.507 e. The third-order valence-corrected chi connectivity index (χ3v) is 4.93. The van der Waals surface area contributed by atoms with E-state index < -0.39 is 17.7 Å². The van der Waals surface area contributed by atoms with Crippen molar-refractivity contribution in [1.82, 2.24) is 9.88 Å². The van der Waals surface area contributed by atoms with E-state index >= 15 is 0 Å². The Morgan fingerprint density at radius 2 is 1.83 bits per heavy atom. The predicted octanol–water partition coefficient (Wildman–Crippen LogP) is 3.97. The number of halogens is 1. The van der Waals surface area contributed by atoms with Crippen LogP contribution < -0.4 is 0 Å². The molecule has 1 aromatic carbocycles. The lowest BCUT2D eigenvalue weighted by molar-refractivity contribution is -0.140. The van der Waals surface area contributed by atoms with Crippen LogP contribution in [0.5, 0.6) is 0 Å². The molecule has 2 heterocycles. The van der Waals surface area contributed by atoms with Crippen molar-refractivity contribution < 1.29 is 19.4 Å². The van der Waals surface area contributed by atoms with E-state index in [2.05, 4.69) is 4.98 Å². The fraction of sp³-hybridized carbons (Fsp3) is 0.318. The lowest BCUT2D eigenvalue weighted by Crippen LogP contribution is -2.31. The Morgan fingerprint density at radius 3 is 2.45 bits per heavy atom. The summed E-state index contributed by atoms with van der Waals surface area (Å²) in [7, 11) is 0. The number of likely N-dealkylation sites (tertiary alicyclic amines) is 1. The SMILES string of the molecule is CC(C)OCCCN1C(=O)C(=O)/C(=C(\O)c2ccc(Cl)cc2)C1c1ccncc1. The van der Waals surface area contributed by atoms with Crippen LogP contribution in [0.2, 0.25) is 5.02 Å². The molecule has 0 spiro atoms.